The third-order valence-corrected chi connectivity index (χ3v) is 2.04. The molecular weight excluding hydrogens is 174 g/mol. The van der Waals surface area contributed by atoms with E-state index < -0.39 is 0 Å². The minimum atomic E-state index is -0.329. The van der Waals surface area contributed by atoms with E-state index in [9.17, 15) is 10.1 Å². The first-order chi connectivity index (χ1) is 6.13. The van der Waals surface area contributed by atoms with Gasteiger partial charge in [0, 0.05) is 31.5 Å². The van der Waals surface area contributed by atoms with Gasteiger partial charge < -0.3 is 9.47 Å². The van der Waals surface area contributed by atoms with Crippen molar-refractivity contribution in [1.82, 2.24) is 0 Å². The van der Waals surface area contributed by atoms with Gasteiger partial charge in [0.15, 0.2) is 6.29 Å². The molecule has 0 N–H and O–H groups in total. The van der Waals surface area contributed by atoms with Crippen LogP contribution in [-0.2, 0) is 9.47 Å². The van der Waals surface area contributed by atoms with Gasteiger partial charge in [-0.1, -0.05) is 6.92 Å². The van der Waals surface area contributed by atoms with Gasteiger partial charge in [0.2, 0.25) is 6.54 Å². The first kappa shape index (κ1) is 12.3. The number of hydrogen-bond donors (Lipinski definition) is 0. The summed E-state index contributed by atoms with van der Waals surface area (Å²) in [6.07, 6.45) is 1.01. The van der Waals surface area contributed by atoms with Crippen molar-refractivity contribution in [2.24, 2.45) is 5.92 Å². The fourth-order valence-electron chi connectivity index (χ4n) is 1.14. The topological polar surface area (TPSA) is 61.6 Å². The second-order valence-electron chi connectivity index (χ2n) is 2.93. The second kappa shape index (κ2) is 6.80. The monoisotopic (exact) mass is 191 g/mol. The molecule has 0 heterocycles. The number of nitro groups is 1. The first-order valence-corrected chi connectivity index (χ1v) is 4.31. The van der Waals surface area contributed by atoms with Crippen molar-refractivity contribution in [3.63, 3.8) is 0 Å². The molecule has 0 bridgehead atoms. The fraction of sp³-hybridized carbons (Fsp3) is 1.00. The summed E-state index contributed by atoms with van der Waals surface area (Å²) in [7, 11) is 3.07. The molecule has 0 aliphatic heterocycles. The van der Waals surface area contributed by atoms with Crippen molar-refractivity contribution in [3.8, 4) is 0 Å². The molecule has 0 aromatic heterocycles. The smallest absolute Gasteiger partial charge is 0.206 e. The predicted octanol–water partition coefficient (Wildman–Crippen LogP) is 1.30. The van der Waals surface area contributed by atoms with Crippen molar-refractivity contribution in [1.29, 1.82) is 0 Å². The number of hydrogen-bond acceptors (Lipinski definition) is 4. The van der Waals surface area contributed by atoms with E-state index in [0.717, 1.165) is 6.42 Å². The Kier molecular flexibility index (Phi) is 6.44. The Morgan fingerprint density at radius 1 is 1.38 bits per heavy atom. The Labute approximate surface area is 78.2 Å². The van der Waals surface area contributed by atoms with E-state index in [-0.39, 0.29) is 23.7 Å². The molecule has 0 saturated heterocycles. The van der Waals surface area contributed by atoms with E-state index in [4.69, 9.17) is 9.47 Å². The Hall–Kier alpha value is -0.680. The summed E-state index contributed by atoms with van der Waals surface area (Å²) >= 11 is 0. The minimum Gasteiger partial charge on any atom is -0.356 e. The Bertz CT molecular complexity index is 147. The maximum absolute atomic E-state index is 10.3. The van der Waals surface area contributed by atoms with Crippen LogP contribution in [0.1, 0.15) is 19.8 Å². The summed E-state index contributed by atoms with van der Waals surface area (Å²) < 4.78 is 9.94. The predicted molar refractivity (Wildman–Crippen MR) is 48.1 cm³/mol. The van der Waals surface area contributed by atoms with Crippen molar-refractivity contribution < 1.29 is 14.4 Å². The lowest BCUT2D eigenvalue weighted by molar-refractivity contribution is -0.489. The Morgan fingerprint density at radius 3 is 2.23 bits per heavy atom. The molecule has 0 saturated carbocycles. The number of methoxy groups -OCH3 is 2. The highest BCUT2D eigenvalue weighted by molar-refractivity contribution is 4.57. The zero-order chi connectivity index (χ0) is 10.3. The minimum absolute atomic E-state index is 0.0142. The van der Waals surface area contributed by atoms with Gasteiger partial charge in [0.25, 0.3) is 0 Å². The van der Waals surface area contributed by atoms with E-state index in [1.54, 1.807) is 0 Å². The standard InChI is InChI=1S/C8H17NO4/c1-4-7(6-9(10)11)5-8(12-2)13-3/h7-8H,4-6H2,1-3H3/t7-/m1/s1. The van der Waals surface area contributed by atoms with Gasteiger partial charge in [-0.3, -0.25) is 10.1 Å². The van der Waals surface area contributed by atoms with Crippen LogP contribution in [0, 0.1) is 16.0 Å². The van der Waals surface area contributed by atoms with Gasteiger partial charge in [-0.25, -0.2) is 0 Å². The maximum atomic E-state index is 10.3. The second-order valence-corrected chi connectivity index (χ2v) is 2.93. The van der Waals surface area contributed by atoms with Crippen LogP contribution >= 0.6 is 0 Å². The maximum Gasteiger partial charge on any atom is 0.206 e. The number of rotatable bonds is 7. The highest BCUT2D eigenvalue weighted by Crippen LogP contribution is 2.13. The summed E-state index contributed by atoms with van der Waals surface area (Å²) in [6, 6.07) is 0. The molecule has 0 aromatic carbocycles. The SMILES string of the molecule is CC[C@H](CC(OC)OC)C[N+](=O)[O-]. The van der Waals surface area contributed by atoms with Crippen LogP contribution in [0.5, 0.6) is 0 Å². The van der Waals surface area contributed by atoms with Gasteiger partial charge in [-0.2, -0.15) is 0 Å². The number of ether oxygens (including phenoxy) is 2. The van der Waals surface area contributed by atoms with E-state index in [0.29, 0.717) is 6.42 Å². The van der Waals surface area contributed by atoms with Crippen LogP contribution in [0.25, 0.3) is 0 Å². The van der Waals surface area contributed by atoms with E-state index >= 15 is 0 Å². The number of nitrogens with zero attached hydrogens (tertiary/aromatic N) is 1. The van der Waals surface area contributed by atoms with Gasteiger partial charge >= 0.3 is 0 Å². The van der Waals surface area contributed by atoms with Crippen LogP contribution in [0.15, 0.2) is 0 Å². The molecule has 0 fully saturated rings. The van der Waals surface area contributed by atoms with Crippen molar-refractivity contribution in [2.75, 3.05) is 20.8 Å². The molecule has 5 nitrogen and oxygen atoms in total. The van der Waals surface area contributed by atoms with Crippen LogP contribution in [0.2, 0.25) is 0 Å². The van der Waals surface area contributed by atoms with E-state index in [1.807, 2.05) is 6.92 Å². The average molecular weight is 191 g/mol. The Morgan fingerprint density at radius 2 is 1.92 bits per heavy atom. The lowest BCUT2D eigenvalue weighted by Crippen LogP contribution is -2.22. The summed E-state index contributed by atoms with van der Waals surface area (Å²) in [6.45, 7) is 1.91. The van der Waals surface area contributed by atoms with Crippen LogP contribution in [0.3, 0.4) is 0 Å². The fourth-order valence-corrected chi connectivity index (χ4v) is 1.14. The van der Waals surface area contributed by atoms with Crippen LogP contribution in [-0.4, -0.2) is 32.0 Å². The third kappa shape index (κ3) is 5.54. The average Bonchev–Trinajstić information content (AvgIpc) is 2.11. The first-order valence-electron chi connectivity index (χ1n) is 4.31. The highest BCUT2D eigenvalue weighted by Gasteiger charge is 2.18. The van der Waals surface area contributed by atoms with Gasteiger partial charge in [0.1, 0.15) is 0 Å². The summed E-state index contributed by atoms with van der Waals surface area (Å²) in [5, 5.41) is 10.3. The van der Waals surface area contributed by atoms with Gasteiger partial charge in [-0.05, 0) is 6.42 Å². The zero-order valence-electron chi connectivity index (χ0n) is 8.36. The lowest BCUT2D eigenvalue weighted by Gasteiger charge is -2.17. The largest absolute Gasteiger partial charge is 0.356 e. The molecule has 0 unspecified atom stereocenters. The molecular formula is C8H17NO4. The van der Waals surface area contributed by atoms with Crippen molar-refractivity contribution >= 4 is 0 Å². The zero-order valence-corrected chi connectivity index (χ0v) is 8.36. The van der Waals surface area contributed by atoms with E-state index in [2.05, 4.69) is 0 Å². The molecule has 5 heteroatoms. The normalized spacial score (nSPS) is 13.2. The summed E-state index contributed by atoms with van der Waals surface area (Å²) in [4.78, 5) is 9.96. The molecule has 0 aliphatic rings. The van der Waals surface area contributed by atoms with Crippen LogP contribution < -0.4 is 0 Å². The van der Waals surface area contributed by atoms with Gasteiger partial charge in [0.05, 0.1) is 0 Å². The molecule has 78 valence electrons. The van der Waals surface area contributed by atoms with E-state index in [1.165, 1.54) is 14.2 Å². The molecule has 0 spiro atoms. The van der Waals surface area contributed by atoms with Gasteiger partial charge in [-0.15, -0.1) is 0 Å². The molecule has 0 aliphatic carbocycles. The van der Waals surface area contributed by atoms with Crippen LogP contribution in [0.4, 0.5) is 0 Å². The third-order valence-electron chi connectivity index (χ3n) is 2.04. The highest BCUT2D eigenvalue weighted by atomic mass is 16.7. The summed E-state index contributed by atoms with van der Waals surface area (Å²) in [5.41, 5.74) is 0. The lowest BCUT2D eigenvalue weighted by atomic mass is 10.0. The molecule has 0 aromatic rings. The Balaban J connectivity index is 3.87. The molecule has 1 atom stereocenters. The van der Waals surface area contributed by atoms with Crippen molar-refractivity contribution in [2.45, 2.75) is 26.1 Å². The quantitative estimate of drug-likeness (QED) is 0.345. The van der Waals surface area contributed by atoms with Crippen molar-refractivity contribution in [3.05, 3.63) is 10.1 Å². The molecule has 0 amide bonds. The summed E-state index contributed by atoms with van der Waals surface area (Å²) in [5.74, 6) is 0.0277. The molecule has 0 radical (unpaired) electrons. The molecule has 0 rings (SSSR count). The molecule has 13 heavy (non-hydrogen) atoms.